The Labute approximate surface area is 194 Å². The summed E-state index contributed by atoms with van der Waals surface area (Å²) in [6, 6.07) is 5.80. The number of aryl methyl sites for hydroxylation is 2. The Hall–Kier alpha value is -1.01. The van der Waals surface area contributed by atoms with Crippen LogP contribution in [-0.2, 0) is 12.8 Å². The van der Waals surface area contributed by atoms with Crippen LogP contribution in [0.5, 0.6) is 0 Å². The van der Waals surface area contributed by atoms with Gasteiger partial charge in [0.25, 0.3) is 0 Å². The molecule has 6 rings (SSSR count). The van der Waals surface area contributed by atoms with Crippen LogP contribution in [0.4, 0.5) is 0 Å². The minimum absolute atomic E-state index is 0.435. The predicted molar refractivity (Wildman–Crippen MR) is 130 cm³/mol. The minimum Gasteiger partial charge on any atom is -0.311 e. The lowest BCUT2D eigenvalue weighted by molar-refractivity contribution is 0.243. The first kappa shape index (κ1) is 21.5. The quantitative estimate of drug-likeness (QED) is 0.497. The summed E-state index contributed by atoms with van der Waals surface area (Å²) < 4.78 is 0. The number of pyridine rings is 1. The molecule has 4 N–H and O–H groups in total. The van der Waals surface area contributed by atoms with Gasteiger partial charge in [0, 0.05) is 37.3 Å². The van der Waals surface area contributed by atoms with Gasteiger partial charge in [-0.2, -0.15) is 0 Å². The normalized spacial score (nSPS) is 38.0. The average Bonchev–Trinajstić information content (AvgIpc) is 2.83. The molecule has 1 aromatic heterocycles. The number of rotatable bonds is 0. The lowest BCUT2D eigenvalue weighted by atomic mass is 9.83. The summed E-state index contributed by atoms with van der Waals surface area (Å²) in [5.74, 6) is 0. The van der Waals surface area contributed by atoms with Crippen molar-refractivity contribution in [1.29, 1.82) is 0 Å². The van der Waals surface area contributed by atoms with E-state index in [9.17, 15) is 0 Å². The zero-order valence-corrected chi connectivity index (χ0v) is 19.8. The molecule has 1 aromatic rings. The molecule has 2 saturated carbocycles. The Kier molecular flexibility index (Phi) is 6.52. The monoisotopic (exact) mass is 437 g/mol. The van der Waals surface area contributed by atoms with Gasteiger partial charge in [-0.1, -0.05) is 31.7 Å². The minimum atomic E-state index is 0.435. The summed E-state index contributed by atoms with van der Waals surface area (Å²) in [5.41, 5.74) is 5.85. The molecule has 0 spiro atoms. The van der Waals surface area contributed by atoms with Gasteiger partial charge in [0.15, 0.2) is 0 Å². The third-order valence-corrected chi connectivity index (χ3v) is 9.09. The highest BCUT2D eigenvalue weighted by Crippen LogP contribution is 2.37. The average molecular weight is 438 g/mol. The first-order valence-electron chi connectivity index (χ1n) is 13.9. The van der Waals surface area contributed by atoms with E-state index in [1.54, 1.807) is 0 Å². The van der Waals surface area contributed by atoms with Crippen LogP contribution in [0, 0.1) is 0 Å². The van der Waals surface area contributed by atoms with E-state index in [0.717, 1.165) is 13.1 Å². The second kappa shape index (κ2) is 9.69. The van der Waals surface area contributed by atoms with Crippen LogP contribution in [0.2, 0.25) is 0 Å². The van der Waals surface area contributed by atoms with Gasteiger partial charge in [-0.15, -0.1) is 0 Å². The van der Waals surface area contributed by atoms with Gasteiger partial charge in [-0.05, 0) is 75.3 Å². The Balaban J connectivity index is 1.35. The highest BCUT2D eigenvalue weighted by molar-refractivity contribution is 5.37. The fraction of sp³-hybridized carbons (Fsp3) is 0.815. The van der Waals surface area contributed by atoms with E-state index in [1.165, 1.54) is 112 Å². The third-order valence-electron chi connectivity index (χ3n) is 9.09. The number of hydrogen-bond acceptors (Lipinski definition) is 5. The lowest BCUT2D eigenvalue weighted by Gasteiger charge is -2.38. The molecule has 2 fully saturated rings. The van der Waals surface area contributed by atoms with Crippen molar-refractivity contribution in [1.82, 2.24) is 26.3 Å². The molecule has 6 atom stereocenters. The fourth-order valence-electron chi connectivity index (χ4n) is 7.41. The summed E-state index contributed by atoms with van der Waals surface area (Å²) in [7, 11) is 0. The van der Waals surface area contributed by atoms with Gasteiger partial charge in [0.2, 0.25) is 0 Å². The molecular weight excluding hydrogens is 394 g/mol. The van der Waals surface area contributed by atoms with Crippen LogP contribution >= 0.6 is 0 Å². The summed E-state index contributed by atoms with van der Waals surface area (Å²) in [6.07, 6.45) is 18.2. The molecular formula is C27H43N5. The Morgan fingerprint density at radius 2 is 1.03 bits per heavy atom. The first-order valence-corrected chi connectivity index (χ1v) is 13.9. The zero-order chi connectivity index (χ0) is 21.3. The van der Waals surface area contributed by atoms with Crippen molar-refractivity contribution < 1.29 is 0 Å². The SMILES string of the molecule is c1c2c3nc4c1CCC[C@@H]4N[C@@H]1CCCC[C@H]1NCCNC1CCCC[C@H]1N[C@H]3CCC2. The smallest absolute Gasteiger partial charge is 0.0609 e. The first-order chi connectivity index (χ1) is 15.8. The summed E-state index contributed by atoms with van der Waals surface area (Å²) >= 11 is 0. The van der Waals surface area contributed by atoms with Gasteiger partial charge >= 0.3 is 0 Å². The lowest BCUT2D eigenvalue weighted by Crippen LogP contribution is -2.54. The molecule has 5 aliphatic rings. The second-order valence-corrected chi connectivity index (χ2v) is 11.2. The maximum atomic E-state index is 5.50. The molecule has 5 heteroatoms. The molecule has 5 nitrogen and oxygen atoms in total. The highest BCUT2D eigenvalue weighted by Gasteiger charge is 2.34. The Morgan fingerprint density at radius 1 is 0.562 bits per heavy atom. The third kappa shape index (κ3) is 4.38. The van der Waals surface area contributed by atoms with Crippen molar-refractivity contribution in [3.05, 3.63) is 28.6 Å². The largest absolute Gasteiger partial charge is 0.311 e. The van der Waals surface area contributed by atoms with Crippen LogP contribution in [0.1, 0.15) is 112 Å². The van der Waals surface area contributed by atoms with E-state index < -0.39 is 0 Å². The van der Waals surface area contributed by atoms with Gasteiger partial charge in [-0.25, -0.2) is 0 Å². The van der Waals surface area contributed by atoms with E-state index >= 15 is 0 Å². The predicted octanol–water partition coefficient (Wildman–Crippen LogP) is 3.83. The van der Waals surface area contributed by atoms with E-state index in [0.29, 0.717) is 36.3 Å². The van der Waals surface area contributed by atoms with Gasteiger partial charge in [0.05, 0.1) is 23.5 Å². The van der Waals surface area contributed by atoms with E-state index in [4.69, 9.17) is 4.98 Å². The van der Waals surface area contributed by atoms with Gasteiger partial charge < -0.3 is 21.3 Å². The summed E-state index contributed by atoms with van der Waals surface area (Å²) in [6.45, 7) is 2.17. The maximum Gasteiger partial charge on any atom is 0.0609 e. The molecule has 32 heavy (non-hydrogen) atoms. The number of nitrogens with one attached hydrogen (secondary N) is 4. The number of aromatic nitrogens is 1. The van der Waals surface area contributed by atoms with Crippen molar-refractivity contribution in [3.8, 4) is 0 Å². The Morgan fingerprint density at radius 3 is 1.53 bits per heavy atom. The van der Waals surface area contributed by atoms with Crippen LogP contribution in [0.3, 0.4) is 0 Å². The number of nitrogens with zero attached hydrogens (tertiary/aromatic N) is 1. The van der Waals surface area contributed by atoms with Gasteiger partial charge in [0.1, 0.15) is 0 Å². The van der Waals surface area contributed by atoms with Crippen molar-refractivity contribution >= 4 is 0 Å². The molecule has 0 amide bonds. The van der Waals surface area contributed by atoms with E-state index in [2.05, 4.69) is 27.3 Å². The Bertz CT molecular complexity index is 733. The van der Waals surface area contributed by atoms with Crippen molar-refractivity contribution in [3.63, 3.8) is 0 Å². The van der Waals surface area contributed by atoms with Crippen LogP contribution in [0.15, 0.2) is 6.07 Å². The van der Waals surface area contributed by atoms with Crippen LogP contribution in [0.25, 0.3) is 0 Å². The topological polar surface area (TPSA) is 61.0 Å². The molecule has 0 saturated heterocycles. The number of fused-ring (bicyclic) bond motifs is 2. The standard InChI is InChI=1S/C27H43N5/c1-3-11-22-20(9-1)28-15-16-29-21-10-2-4-12-23(21)31-25-14-6-8-19-17-18-7-5-13-24(30-22)26(18)32-27(19)25/h17,20-25,28-31H,1-16H2/t20-,21?,22-,23-,24+,25+/m1/s1. The van der Waals surface area contributed by atoms with Crippen molar-refractivity contribution in [2.75, 3.05) is 13.1 Å². The highest BCUT2D eigenvalue weighted by atomic mass is 15.1. The second-order valence-electron chi connectivity index (χ2n) is 11.2. The van der Waals surface area contributed by atoms with Crippen LogP contribution < -0.4 is 21.3 Å². The summed E-state index contributed by atoms with van der Waals surface area (Å²) in [4.78, 5) is 5.50. The maximum absolute atomic E-state index is 5.50. The van der Waals surface area contributed by atoms with Crippen molar-refractivity contribution in [2.45, 2.75) is 126 Å². The molecule has 0 radical (unpaired) electrons. The fourth-order valence-corrected chi connectivity index (χ4v) is 7.41. The number of hydrogen-bond donors (Lipinski definition) is 4. The molecule has 2 bridgehead atoms. The van der Waals surface area contributed by atoms with E-state index in [1.807, 2.05) is 0 Å². The van der Waals surface area contributed by atoms with E-state index in [-0.39, 0.29) is 0 Å². The zero-order valence-electron chi connectivity index (χ0n) is 19.8. The molecule has 1 unspecified atom stereocenters. The molecule has 1 aliphatic heterocycles. The molecule has 4 aliphatic carbocycles. The molecule has 176 valence electrons. The van der Waals surface area contributed by atoms with Crippen LogP contribution in [-0.4, -0.2) is 42.2 Å². The van der Waals surface area contributed by atoms with Gasteiger partial charge in [-0.3, -0.25) is 4.98 Å². The van der Waals surface area contributed by atoms with Crippen molar-refractivity contribution in [2.24, 2.45) is 0 Å². The molecule has 0 aromatic carbocycles. The molecule has 2 heterocycles. The summed E-state index contributed by atoms with van der Waals surface area (Å²) in [5, 5.41) is 16.1.